The molecule has 1 rings (SSSR count). The van der Waals surface area contributed by atoms with Gasteiger partial charge in [0, 0.05) is 25.9 Å². The zero-order chi connectivity index (χ0) is 19.3. The van der Waals surface area contributed by atoms with E-state index >= 15 is 0 Å². The number of hydrogen-bond donors (Lipinski definition) is 1. The van der Waals surface area contributed by atoms with E-state index in [4.69, 9.17) is 5.11 Å². The number of imidazole rings is 1. The van der Waals surface area contributed by atoms with Gasteiger partial charge in [-0.1, -0.05) is 96.8 Å². The number of rotatable bonds is 16. The van der Waals surface area contributed by atoms with Gasteiger partial charge in [-0.25, -0.2) is 4.98 Å². The van der Waals surface area contributed by atoms with Gasteiger partial charge in [0.25, 0.3) is 0 Å². The minimum Gasteiger partial charge on any atom is -0.481 e. The number of aliphatic carboxylic acids is 1. The lowest BCUT2D eigenvalue weighted by Crippen LogP contribution is -1.93. The minimum absolute atomic E-state index is 0.345. The highest BCUT2D eigenvalue weighted by atomic mass is 16.4. The topological polar surface area (TPSA) is 55.1 Å². The molecule has 1 aromatic heterocycles. The molecule has 0 aliphatic heterocycles. The summed E-state index contributed by atoms with van der Waals surface area (Å²) in [5.41, 5.74) is 0. The molecule has 0 bridgehead atoms. The van der Waals surface area contributed by atoms with E-state index in [1.54, 1.807) is 12.5 Å². The maximum Gasteiger partial charge on any atom is 0.303 e. The van der Waals surface area contributed by atoms with Crippen molar-refractivity contribution in [3.63, 3.8) is 0 Å². The van der Waals surface area contributed by atoms with Crippen LogP contribution < -0.4 is 0 Å². The monoisotopic (exact) mass is 366 g/mol. The van der Waals surface area contributed by atoms with Gasteiger partial charge in [-0.15, -0.1) is 0 Å². The van der Waals surface area contributed by atoms with E-state index < -0.39 is 5.97 Å². The van der Waals surface area contributed by atoms with Gasteiger partial charge in [0.1, 0.15) is 0 Å². The molecule has 0 aliphatic rings. The van der Waals surface area contributed by atoms with Crippen LogP contribution in [0.25, 0.3) is 0 Å². The van der Waals surface area contributed by atoms with Crippen molar-refractivity contribution in [3.8, 4) is 0 Å². The Kier molecular flexibility index (Phi) is 19.0. The van der Waals surface area contributed by atoms with Crippen LogP contribution in [0.1, 0.15) is 110 Å². The van der Waals surface area contributed by atoms with Crippen molar-refractivity contribution in [2.75, 3.05) is 0 Å². The van der Waals surface area contributed by atoms with Crippen molar-refractivity contribution in [1.29, 1.82) is 0 Å². The molecule has 0 aliphatic carbocycles. The Morgan fingerprint density at radius 2 is 1.23 bits per heavy atom. The van der Waals surface area contributed by atoms with Crippen LogP contribution in [0.2, 0.25) is 0 Å². The van der Waals surface area contributed by atoms with E-state index in [0.29, 0.717) is 6.42 Å². The summed E-state index contributed by atoms with van der Waals surface area (Å²) in [5.74, 6) is -0.653. The van der Waals surface area contributed by atoms with E-state index in [0.717, 1.165) is 12.8 Å². The Morgan fingerprint density at radius 1 is 0.808 bits per heavy atom. The summed E-state index contributed by atoms with van der Waals surface area (Å²) in [6.45, 7) is 2.27. The van der Waals surface area contributed by atoms with Crippen LogP contribution in [-0.4, -0.2) is 20.6 Å². The molecule has 0 aromatic carbocycles. The van der Waals surface area contributed by atoms with Crippen molar-refractivity contribution < 1.29 is 9.90 Å². The molecule has 0 saturated heterocycles. The van der Waals surface area contributed by atoms with Crippen LogP contribution in [0, 0.1) is 0 Å². The number of unbranched alkanes of at least 4 members (excludes halogenated alkanes) is 14. The largest absolute Gasteiger partial charge is 0.481 e. The Labute approximate surface area is 161 Å². The summed E-state index contributed by atoms with van der Waals surface area (Å²) in [6, 6.07) is 0. The summed E-state index contributed by atoms with van der Waals surface area (Å²) in [6.07, 6.45) is 25.6. The van der Waals surface area contributed by atoms with Crippen molar-refractivity contribution in [2.24, 2.45) is 7.05 Å². The molecule has 4 heteroatoms. The van der Waals surface area contributed by atoms with E-state index in [1.165, 1.54) is 83.5 Å². The summed E-state index contributed by atoms with van der Waals surface area (Å²) in [5, 5.41) is 8.52. The number of carboxylic acid groups (broad SMARTS) is 1. The fourth-order valence-corrected chi connectivity index (χ4v) is 2.97. The molecule has 1 N–H and O–H groups in total. The van der Waals surface area contributed by atoms with Gasteiger partial charge in [0.2, 0.25) is 0 Å². The zero-order valence-corrected chi connectivity index (χ0v) is 17.3. The van der Waals surface area contributed by atoms with Crippen LogP contribution in [0.5, 0.6) is 0 Å². The zero-order valence-electron chi connectivity index (χ0n) is 17.3. The third-order valence-electron chi connectivity index (χ3n) is 4.63. The van der Waals surface area contributed by atoms with Gasteiger partial charge in [0.05, 0.1) is 6.33 Å². The highest BCUT2D eigenvalue weighted by molar-refractivity contribution is 5.66. The lowest BCUT2D eigenvalue weighted by molar-refractivity contribution is -0.137. The fourth-order valence-electron chi connectivity index (χ4n) is 2.97. The third-order valence-corrected chi connectivity index (χ3v) is 4.63. The summed E-state index contributed by atoms with van der Waals surface area (Å²) >= 11 is 0. The van der Waals surface area contributed by atoms with Crippen molar-refractivity contribution >= 4 is 5.97 Å². The van der Waals surface area contributed by atoms with Crippen LogP contribution in [-0.2, 0) is 11.8 Å². The molecule has 26 heavy (non-hydrogen) atoms. The predicted molar refractivity (Wildman–Crippen MR) is 110 cm³/mol. The van der Waals surface area contributed by atoms with Gasteiger partial charge >= 0.3 is 5.97 Å². The second-order valence-corrected chi connectivity index (χ2v) is 7.32. The average Bonchev–Trinajstić information content (AvgIpc) is 3.09. The Bertz CT molecular complexity index is 391. The molecule has 0 unspecified atom stereocenters. The quantitative estimate of drug-likeness (QED) is 0.329. The van der Waals surface area contributed by atoms with Gasteiger partial charge in [-0.05, 0) is 6.42 Å². The van der Waals surface area contributed by atoms with Gasteiger partial charge in [0.15, 0.2) is 0 Å². The first kappa shape index (κ1) is 24.7. The molecule has 1 heterocycles. The minimum atomic E-state index is -0.653. The van der Waals surface area contributed by atoms with Crippen LogP contribution in [0.15, 0.2) is 18.7 Å². The predicted octanol–water partition coefficient (Wildman–Crippen LogP) is 6.75. The van der Waals surface area contributed by atoms with Crippen molar-refractivity contribution in [3.05, 3.63) is 18.7 Å². The van der Waals surface area contributed by atoms with Crippen molar-refractivity contribution in [1.82, 2.24) is 9.55 Å². The summed E-state index contributed by atoms with van der Waals surface area (Å²) in [7, 11) is 1.94. The highest BCUT2D eigenvalue weighted by Crippen LogP contribution is 2.13. The molecule has 0 amide bonds. The van der Waals surface area contributed by atoms with E-state index in [2.05, 4.69) is 11.9 Å². The highest BCUT2D eigenvalue weighted by Gasteiger charge is 1.97. The number of carboxylic acids is 1. The molecule has 0 atom stereocenters. The summed E-state index contributed by atoms with van der Waals surface area (Å²) < 4.78 is 1.89. The first-order chi connectivity index (χ1) is 12.7. The second-order valence-electron chi connectivity index (χ2n) is 7.32. The van der Waals surface area contributed by atoms with E-state index in [9.17, 15) is 4.79 Å². The Balaban J connectivity index is 0.000000867. The number of aromatic nitrogens is 2. The number of nitrogens with zero attached hydrogens (tertiary/aromatic N) is 2. The lowest BCUT2D eigenvalue weighted by Gasteiger charge is -2.03. The normalized spacial score (nSPS) is 10.4. The van der Waals surface area contributed by atoms with Crippen LogP contribution in [0.3, 0.4) is 0 Å². The van der Waals surface area contributed by atoms with Gasteiger partial charge in [-0.3, -0.25) is 4.79 Å². The van der Waals surface area contributed by atoms with Gasteiger partial charge < -0.3 is 9.67 Å². The maximum atomic E-state index is 10.3. The fraction of sp³-hybridized carbons (Fsp3) is 0.818. The number of hydrogen-bond acceptors (Lipinski definition) is 2. The molecule has 1 aromatic rings. The van der Waals surface area contributed by atoms with E-state index in [1.807, 2.05) is 17.8 Å². The smallest absolute Gasteiger partial charge is 0.303 e. The third kappa shape index (κ3) is 20.7. The SMILES string of the molecule is CCCCCCCCCCCCCCCCCC(=O)O.Cn1ccnc1. The maximum absolute atomic E-state index is 10.3. The Morgan fingerprint density at radius 3 is 1.50 bits per heavy atom. The van der Waals surface area contributed by atoms with Crippen LogP contribution in [0.4, 0.5) is 0 Å². The molecule has 0 saturated carbocycles. The van der Waals surface area contributed by atoms with Crippen LogP contribution >= 0.6 is 0 Å². The van der Waals surface area contributed by atoms with E-state index in [-0.39, 0.29) is 0 Å². The number of aryl methyl sites for hydroxylation is 1. The molecule has 0 spiro atoms. The lowest BCUT2D eigenvalue weighted by atomic mass is 10.0. The molecular weight excluding hydrogens is 324 g/mol. The molecule has 4 nitrogen and oxygen atoms in total. The standard InChI is InChI=1S/C18H36O2.C4H6N2/c1-2-3-4-5-6-7-8-9-10-11-12-13-14-15-16-17-18(19)20;1-6-3-2-5-4-6/h2-17H2,1H3,(H,19,20);2-4H,1H3. The Hall–Kier alpha value is -1.32. The molecule has 152 valence electrons. The molecular formula is C22H42N2O2. The van der Waals surface area contributed by atoms with Gasteiger partial charge in [-0.2, -0.15) is 0 Å². The summed E-state index contributed by atoms with van der Waals surface area (Å²) in [4.78, 5) is 14.1. The average molecular weight is 367 g/mol. The van der Waals surface area contributed by atoms with Crippen molar-refractivity contribution in [2.45, 2.75) is 110 Å². The first-order valence-electron chi connectivity index (χ1n) is 10.8. The second kappa shape index (κ2) is 20.0. The molecule has 0 fully saturated rings. The number of carbonyl (C=O) groups is 1. The first-order valence-corrected chi connectivity index (χ1v) is 10.8. The molecule has 0 radical (unpaired) electrons.